The Morgan fingerprint density at radius 3 is 2.59 bits per heavy atom. The number of benzene rings is 4. The number of aliphatic imine (C=N–C) groups is 1. The van der Waals surface area contributed by atoms with Crippen LogP contribution >= 0.6 is 11.3 Å². The van der Waals surface area contributed by atoms with Crippen LogP contribution in [0, 0.1) is 0 Å². The lowest BCUT2D eigenvalue weighted by Gasteiger charge is -2.23. The highest BCUT2D eigenvalue weighted by molar-refractivity contribution is 7.27. The van der Waals surface area contributed by atoms with E-state index in [0.717, 1.165) is 33.8 Å². The number of rotatable bonds is 0. The van der Waals surface area contributed by atoms with Crippen LogP contribution < -0.4 is 5.32 Å². The molecule has 2 aliphatic rings. The minimum absolute atomic E-state index is 0.0650. The molecule has 0 radical (unpaired) electrons. The van der Waals surface area contributed by atoms with Crippen molar-refractivity contribution in [3.63, 3.8) is 0 Å². The van der Waals surface area contributed by atoms with Crippen LogP contribution in [0.2, 0.25) is 0 Å². The van der Waals surface area contributed by atoms with Gasteiger partial charge >= 0.3 is 0 Å². The van der Waals surface area contributed by atoms with Crippen LogP contribution in [0.3, 0.4) is 0 Å². The normalized spacial score (nSPS) is 17.1. The maximum Gasteiger partial charge on any atom is 0.146 e. The fourth-order valence-electron chi connectivity index (χ4n) is 6.64. The Kier molecular flexibility index (Phi) is 3.12. The van der Waals surface area contributed by atoms with Crippen molar-refractivity contribution in [2.45, 2.75) is 6.04 Å². The summed E-state index contributed by atoms with van der Waals surface area (Å²) in [4.78, 5) is 5.17. The Morgan fingerprint density at radius 2 is 1.62 bits per heavy atom. The summed E-state index contributed by atoms with van der Waals surface area (Å²) in [5.74, 6) is 1.06. The molecular weight excluding hydrogens is 474 g/mol. The van der Waals surface area contributed by atoms with Gasteiger partial charge in [0.2, 0.25) is 0 Å². The Labute approximate surface area is 213 Å². The largest absolute Gasteiger partial charge is 0.455 e. The van der Waals surface area contributed by atoms with Crippen molar-refractivity contribution < 1.29 is 4.42 Å². The summed E-state index contributed by atoms with van der Waals surface area (Å²) in [6, 6.07) is 23.9. The number of nitrogens with one attached hydrogen (secondary N) is 1. The maximum atomic E-state index is 6.68. The molecule has 0 bridgehead atoms. The van der Waals surface area contributed by atoms with Gasteiger partial charge in [0.25, 0.3) is 0 Å². The predicted molar refractivity (Wildman–Crippen MR) is 157 cm³/mol. The summed E-state index contributed by atoms with van der Waals surface area (Å²) in [7, 11) is 0. The van der Waals surface area contributed by atoms with Crippen molar-refractivity contribution in [3.05, 3.63) is 91.0 Å². The molecule has 1 atom stereocenters. The number of para-hydroxylation sites is 2. The number of fused-ring (bicyclic) bond motifs is 16. The summed E-state index contributed by atoms with van der Waals surface area (Å²) < 4.78 is 11.7. The first-order valence-electron chi connectivity index (χ1n) is 12.5. The van der Waals surface area contributed by atoms with Crippen molar-refractivity contribution in [1.29, 1.82) is 0 Å². The molecule has 5 heterocycles. The van der Waals surface area contributed by atoms with Gasteiger partial charge in [-0.2, -0.15) is 0 Å². The van der Waals surface area contributed by atoms with Gasteiger partial charge in [0.05, 0.1) is 28.2 Å². The van der Waals surface area contributed by atoms with Crippen LogP contribution in [0.1, 0.15) is 0 Å². The second-order valence-electron chi connectivity index (χ2n) is 9.97. The number of thiophene rings is 1. The zero-order valence-electron chi connectivity index (χ0n) is 19.4. The van der Waals surface area contributed by atoms with Gasteiger partial charge in [0, 0.05) is 41.7 Å². The minimum Gasteiger partial charge on any atom is -0.455 e. The SMILES string of the molecule is C1=CC2=Nc3c(n4c5c3cccc5c3c5sc6ccccc6c5c5oc6ccccc6c5c34)NC2C=C1. The molecule has 8 aromatic rings. The second-order valence-corrected chi connectivity index (χ2v) is 11.0. The molecule has 0 spiro atoms. The fourth-order valence-corrected chi connectivity index (χ4v) is 7.90. The zero-order chi connectivity index (χ0) is 23.8. The quantitative estimate of drug-likeness (QED) is 0.230. The van der Waals surface area contributed by atoms with Crippen LogP contribution in [0.5, 0.6) is 0 Å². The Balaban J connectivity index is 1.56. The Hall–Kier alpha value is -4.61. The number of anilines is 1. The molecule has 172 valence electrons. The zero-order valence-corrected chi connectivity index (χ0v) is 20.3. The summed E-state index contributed by atoms with van der Waals surface area (Å²) in [5, 5.41) is 12.4. The van der Waals surface area contributed by atoms with Crippen LogP contribution in [0.25, 0.3) is 69.3 Å². The predicted octanol–water partition coefficient (Wildman–Crippen LogP) is 8.94. The maximum absolute atomic E-state index is 6.68. The monoisotopic (exact) mass is 491 g/mol. The van der Waals surface area contributed by atoms with Gasteiger partial charge < -0.3 is 9.73 Å². The van der Waals surface area contributed by atoms with Crippen LogP contribution in [0.15, 0.2) is 100 Å². The number of nitrogens with zero attached hydrogens (tertiary/aromatic N) is 2. The molecule has 5 heteroatoms. The average molecular weight is 492 g/mol. The minimum atomic E-state index is 0.0650. The lowest BCUT2D eigenvalue weighted by atomic mass is 10.0. The second kappa shape index (κ2) is 6.20. The van der Waals surface area contributed by atoms with E-state index < -0.39 is 0 Å². The molecule has 1 aliphatic carbocycles. The Morgan fingerprint density at radius 1 is 0.784 bits per heavy atom. The lowest BCUT2D eigenvalue weighted by Crippen LogP contribution is -2.30. The van der Waals surface area contributed by atoms with Crippen molar-refractivity contribution in [2.75, 3.05) is 5.32 Å². The summed E-state index contributed by atoms with van der Waals surface area (Å²) in [6.45, 7) is 0. The van der Waals surface area contributed by atoms with E-state index in [0.29, 0.717) is 0 Å². The first kappa shape index (κ1) is 18.6. The molecule has 0 saturated heterocycles. The highest BCUT2D eigenvalue weighted by Gasteiger charge is 2.31. The van der Waals surface area contributed by atoms with E-state index in [4.69, 9.17) is 9.41 Å². The third-order valence-electron chi connectivity index (χ3n) is 8.11. The van der Waals surface area contributed by atoms with E-state index >= 15 is 0 Å². The molecule has 0 amide bonds. The van der Waals surface area contributed by atoms with Gasteiger partial charge in [0.15, 0.2) is 0 Å². The van der Waals surface area contributed by atoms with E-state index in [1.807, 2.05) is 11.3 Å². The fraction of sp³-hybridized carbons (Fsp3) is 0.0312. The van der Waals surface area contributed by atoms with E-state index in [1.165, 1.54) is 52.8 Å². The van der Waals surface area contributed by atoms with Gasteiger partial charge in [-0.05, 0) is 18.2 Å². The molecular formula is C32H17N3OS. The van der Waals surface area contributed by atoms with Gasteiger partial charge in [-0.3, -0.25) is 4.40 Å². The van der Waals surface area contributed by atoms with Crippen LogP contribution in [0.4, 0.5) is 11.5 Å². The number of furan rings is 1. The van der Waals surface area contributed by atoms with Crippen molar-refractivity contribution in [2.24, 2.45) is 4.99 Å². The van der Waals surface area contributed by atoms with Crippen LogP contribution in [-0.2, 0) is 0 Å². The number of aromatic nitrogens is 1. The first-order valence-corrected chi connectivity index (χ1v) is 13.3. The summed E-state index contributed by atoms with van der Waals surface area (Å²) in [5.41, 5.74) is 6.39. The van der Waals surface area contributed by atoms with E-state index in [9.17, 15) is 0 Å². The molecule has 4 aromatic carbocycles. The molecule has 4 aromatic heterocycles. The molecule has 4 nitrogen and oxygen atoms in total. The third-order valence-corrected chi connectivity index (χ3v) is 9.30. The summed E-state index contributed by atoms with van der Waals surface area (Å²) in [6.07, 6.45) is 8.45. The van der Waals surface area contributed by atoms with Crippen molar-refractivity contribution >= 4 is 97.9 Å². The topological polar surface area (TPSA) is 41.9 Å². The van der Waals surface area contributed by atoms with E-state index in [1.54, 1.807) is 0 Å². The molecule has 0 saturated carbocycles. The van der Waals surface area contributed by atoms with E-state index in [2.05, 4.69) is 101 Å². The van der Waals surface area contributed by atoms with Gasteiger partial charge in [-0.25, -0.2) is 4.99 Å². The number of hydrogen-bond donors (Lipinski definition) is 1. The van der Waals surface area contributed by atoms with Crippen molar-refractivity contribution in [1.82, 2.24) is 4.40 Å². The van der Waals surface area contributed by atoms with Crippen LogP contribution in [-0.4, -0.2) is 16.2 Å². The summed E-state index contributed by atoms with van der Waals surface area (Å²) >= 11 is 1.86. The molecule has 0 fully saturated rings. The number of hydrogen-bond acceptors (Lipinski definition) is 4. The molecule has 10 rings (SSSR count). The first-order chi connectivity index (χ1) is 18.4. The smallest absolute Gasteiger partial charge is 0.146 e. The lowest BCUT2D eigenvalue weighted by molar-refractivity contribution is 0.673. The van der Waals surface area contributed by atoms with E-state index in [-0.39, 0.29) is 6.04 Å². The van der Waals surface area contributed by atoms with Gasteiger partial charge in [-0.15, -0.1) is 11.3 Å². The average Bonchev–Trinajstić information content (AvgIpc) is 3.67. The van der Waals surface area contributed by atoms with Gasteiger partial charge in [0.1, 0.15) is 22.7 Å². The van der Waals surface area contributed by atoms with Gasteiger partial charge in [-0.1, -0.05) is 72.8 Å². The molecule has 1 N–H and O–H groups in total. The van der Waals surface area contributed by atoms with Crippen molar-refractivity contribution in [3.8, 4) is 0 Å². The highest BCUT2D eigenvalue weighted by atomic mass is 32.1. The Bertz CT molecular complexity index is 2360. The third kappa shape index (κ3) is 2.07. The molecule has 1 aliphatic heterocycles. The molecule has 37 heavy (non-hydrogen) atoms. The number of allylic oxidation sites excluding steroid dienone is 2. The molecule has 1 unspecified atom stereocenters. The standard InChI is InChI=1S/C32H17N3OS/c1-5-14-22-16(8-1)24-29-25(31-26(30(24)36-22)17-9-2-6-15-23(17)37-31)18-10-7-11-19-27-32(35(29)28(18)19)34-21-13-4-3-12-20(21)33-27/h1-15,21,34H. The highest BCUT2D eigenvalue weighted by Crippen LogP contribution is 2.53.